The second kappa shape index (κ2) is 8.66. The van der Waals surface area contributed by atoms with Gasteiger partial charge in [-0.15, -0.1) is 0 Å². The Labute approximate surface area is 157 Å². The summed E-state index contributed by atoms with van der Waals surface area (Å²) >= 11 is 0. The van der Waals surface area contributed by atoms with Gasteiger partial charge in [0, 0.05) is 12.2 Å². The highest BCUT2D eigenvalue weighted by atomic mass is 16.5. The molecule has 0 radical (unpaired) electrons. The summed E-state index contributed by atoms with van der Waals surface area (Å²) < 4.78 is 10.2. The molecule has 27 heavy (non-hydrogen) atoms. The summed E-state index contributed by atoms with van der Waals surface area (Å²) in [6.45, 7) is 0.593. The van der Waals surface area contributed by atoms with E-state index in [0.717, 1.165) is 17.1 Å². The highest BCUT2D eigenvalue weighted by Crippen LogP contribution is 2.16. The molecular formula is C20H20N4O3. The Kier molecular flexibility index (Phi) is 5.84. The number of aromatic nitrogens is 2. The molecule has 1 aromatic heterocycles. The Morgan fingerprint density at radius 2 is 1.52 bits per heavy atom. The van der Waals surface area contributed by atoms with Crippen molar-refractivity contribution in [3.8, 4) is 11.5 Å². The van der Waals surface area contributed by atoms with E-state index >= 15 is 0 Å². The number of rotatable bonds is 7. The molecule has 0 aliphatic carbocycles. The van der Waals surface area contributed by atoms with Gasteiger partial charge >= 0.3 is 0 Å². The van der Waals surface area contributed by atoms with Crippen LogP contribution in [0.25, 0.3) is 0 Å². The molecule has 1 heterocycles. The standard InChI is InChI=1S/C20H20N4O3/c1-26-16-7-3-14(4-8-16)11-22-19-13-21-18(12-23-19)20(25)24-15-5-9-17(27-2)10-6-15/h3-10,12-13H,11H2,1-2H3,(H,22,23)(H,24,25). The maximum Gasteiger partial charge on any atom is 0.275 e. The predicted molar refractivity (Wildman–Crippen MR) is 103 cm³/mol. The number of amides is 1. The molecular weight excluding hydrogens is 344 g/mol. The van der Waals surface area contributed by atoms with Gasteiger partial charge in [-0.25, -0.2) is 9.97 Å². The van der Waals surface area contributed by atoms with Gasteiger partial charge in [-0.05, 0) is 42.0 Å². The van der Waals surface area contributed by atoms with Crippen LogP contribution in [0.15, 0.2) is 60.9 Å². The van der Waals surface area contributed by atoms with Crippen LogP contribution >= 0.6 is 0 Å². The van der Waals surface area contributed by atoms with Crippen LogP contribution in [0.3, 0.4) is 0 Å². The van der Waals surface area contributed by atoms with Crippen LogP contribution in [-0.2, 0) is 6.54 Å². The van der Waals surface area contributed by atoms with E-state index in [-0.39, 0.29) is 11.6 Å². The Balaban J connectivity index is 1.56. The summed E-state index contributed by atoms with van der Waals surface area (Å²) in [5.41, 5.74) is 1.98. The molecule has 0 unspecified atom stereocenters. The van der Waals surface area contributed by atoms with Crippen LogP contribution in [0, 0.1) is 0 Å². The molecule has 0 aliphatic rings. The molecule has 1 amide bonds. The van der Waals surface area contributed by atoms with E-state index in [0.29, 0.717) is 18.1 Å². The van der Waals surface area contributed by atoms with Crippen LogP contribution < -0.4 is 20.1 Å². The third-order valence-corrected chi connectivity index (χ3v) is 3.87. The van der Waals surface area contributed by atoms with Crippen LogP contribution in [0.4, 0.5) is 11.5 Å². The first-order valence-corrected chi connectivity index (χ1v) is 8.32. The number of anilines is 2. The Bertz CT molecular complexity index is 879. The lowest BCUT2D eigenvalue weighted by Crippen LogP contribution is -2.14. The SMILES string of the molecule is COc1ccc(CNc2cnc(C(=O)Nc3ccc(OC)cc3)cn2)cc1. The summed E-state index contributed by atoms with van der Waals surface area (Å²) in [4.78, 5) is 20.6. The zero-order valence-electron chi connectivity index (χ0n) is 15.1. The van der Waals surface area contributed by atoms with Crippen molar-refractivity contribution in [2.45, 2.75) is 6.54 Å². The Hall–Kier alpha value is -3.61. The average molecular weight is 364 g/mol. The molecule has 7 heteroatoms. The number of nitrogens with zero attached hydrogens (tertiary/aromatic N) is 2. The minimum atomic E-state index is -0.325. The maximum absolute atomic E-state index is 12.2. The highest BCUT2D eigenvalue weighted by molar-refractivity contribution is 6.02. The molecule has 0 spiro atoms. The lowest BCUT2D eigenvalue weighted by Gasteiger charge is -2.08. The van der Waals surface area contributed by atoms with Crippen LogP contribution in [0.2, 0.25) is 0 Å². The molecule has 3 rings (SSSR count). The van der Waals surface area contributed by atoms with Crippen molar-refractivity contribution in [2.24, 2.45) is 0 Å². The minimum Gasteiger partial charge on any atom is -0.497 e. The van der Waals surface area contributed by atoms with Gasteiger partial charge in [-0.2, -0.15) is 0 Å². The van der Waals surface area contributed by atoms with Gasteiger partial charge in [0.2, 0.25) is 0 Å². The average Bonchev–Trinajstić information content (AvgIpc) is 2.73. The van der Waals surface area contributed by atoms with E-state index in [1.54, 1.807) is 38.5 Å². The highest BCUT2D eigenvalue weighted by Gasteiger charge is 2.08. The van der Waals surface area contributed by atoms with Gasteiger partial charge in [0.05, 0.1) is 26.6 Å². The smallest absolute Gasteiger partial charge is 0.275 e. The Morgan fingerprint density at radius 1 is 0.889 bits per heavy atom. The van der Waals surface area contributed by atoms with E-state index in [9.17, 15) is 4.79 Å². The van der Waals surface area contributed by atoms with Gasteiger partial charge < -0.3 is 20.1 Å². The third kappa shape index (κ3) is 4.94. The second-order valence-corrected chi connectivity index (χ2v) is 5.67. The topological polar surface area (TPSA) is 85.4 Å². The predicted octanol–water partition coefficient (Wildman–Crippen LogP) is 3.36. The lowest BCUT2D eigenvalue weighted by atomic mass is 10.2. The fourth-order valence-corrected chi connectivity index (χ4v) is 2.34. The first kappa shape index (κ1) is 18.2. The molecule has 138 valence electrons. The number of carbonyl (C=O) groups is 1. The van der Waals surface area contributed by atoms with Crippen LogP contribution in [0.1, 0.15) is 16.1 Å². The van der Waals surface area contributed by atoms with Crippen LogP contribution in [0.5, 0.6) is 11.5 Å². The van der Waals surface area contributed by atoms with E-state index in [4.69, 9.17) is 9.47 Å². The van der Waals surface area contributed by atoms with Gasteiger partial charge in [-0.3, -0.25) is 4.79 Å². The van der Waals surface area contributed by atoms with E-state index < -0.39 is 0 Å². The van der Waals surface area contributed by atoms with Crippen molar-refractivity contribution in [3.63, 3.8) is 0 Å². The quantitative estimate of drug-likeness (QED) is 0.669. The van der Waals surface area contributed by atoms with Crippen molar-refractivity contribution in [3.05, 3.63) is 72.2 Å². The maximum atomic E-state index is 12.2. The molecule has 0 bridgehead atoms. The molecule has 3 aromatic rings. The van der Waals surface area contributed by atoms with Gasteiger partial charge in [0.1, 0.15) is 23.0 Å². The van der Waals surface area contributed by atoms with Crippen LogP contribution in [-0.4, -0.2) is 30.1 Å². The largest absolute Gasteiger partial charge is 0.497 e. The minimum absolute atomic E-state index is 0.237. The van der Waals surface area contributed by atoms with Crippen molar-refractivity contribution < 1.29 is 14.3 Å². The first-order chi connectivity index (χ1) is 13.2. The number of ether oxygens (including phenoxy) is 2. The normalized spacial score (nSPS) is 10.1. The summed E-state index contributed by atoms with van der Waals surface area (Å²) in [6.07, 6.45) is 2.97. The fraction of sp³-hybridized carbons (Fsp3) is 0.150. The van der Waals surface area contributed by atoms with Gasteiger partial charge in [-0.1, -0.05) is 12.1 Å². The summed E-state index contributed by atoms with van der Waals surface area (Å²) in [6, 6.07) is 14.8. The molecule has 0 saturated carbocycles. The molecule has 0 saturated heterocycles. The molecule has 0 aliphatic heterocycles. The lowest BCUT2D eigenvalue weighted by molar-refractivity contribution is 0.102. The Morgan fingerprint density at radius 3 is 2.07 bits per heavy atom. The van der Waals surface area contributed by atoms with Crippen molar-refractivity contribution in [1.29, 1.82) is 0 Å². The van der Waals surface area contributed by atoms with E-state index in [2.05, 4.69) is 20.6 Å². The molecule has 2 aromatic carbocycles. The van der Waals surface area contributed by atoms with Crippen molar-refractivity contribution in [2.75, 3.05) is 24.9 Å². The summed E-state index contributed by atoms with van der Waals surface area (Å²) in [5.74, 6) is 1.80. The van der Waals surface area contributed by atoms with Gasteiger partial charge in [0.15, 0.2) is 0 Å². The summed E-state index contributed by atoms with van der Waals surface area (Å²) in [5, 5.41) is 5.94. The molecule has 0 fully saturated rings. The van der Waals surface area contributed by atoms with E-state index in [1.165, 1.54) is 12.4 Å². The zero-order valence-corrected chi connectivity index (χ0v) is 15.1. The number of methoxy groups -OCH3 is 2. The monoisotopic (exact) mass is 364 g/mol. The fourth-order valence-electron chi connectivity index (χ4n) is 2.34. The summed E-state index contributed by atoms with van der Waals surface area (Å²) in [7, 11) is 3.22. The number of benzene rings is 2. The molecule has 2 N–H and O–H groups in total. The number of hydrogen-bond donors (Lipinski definition) is 2. The second-order valence-electron chi connectivity index (χ2n) is 5.67. The van der Waals surface area contributed by atoms with Crippen molar-refractivity contribution >= 4 is 17.4 Å². The molecule has 0 atom stereocenters. The zero-order chi connectivity index (χ0) is 19.1. The molecule has 7 nitrogen and oxygen atoms in total. The first-order valence-electron chi connectivity index (χ1n) is 8.32. The van der Waals surface area contributed by atoms with Gasteiger partial charge in [0.25, 0.3) is 5.91 Å². The number of nitrogens with one attached hydrogen (secondary N) is 2. The third-order valence-electron chi connectivity index (χ3n) is 3.87. The number of hydrogen-bond acceptors (Lipinski definition) is 6. The van der Waals surface area contributed by atoms with Crippen molar-refractivity contribution in [1.82, 2.24) is 9.97 Å². The number of carbonyl (C=O) groups excluding carboxylic acids is 1. The van der Waals surface area contributed by atoms with E-state index in [1.807, 2.05) is 24.3 Å².